The van der Waals surface area contributed by atoms with Crippen molar-refractivity contribution in [2.45, 2.75) is 41.0 Å². The highest BCUT2D eigenvalue weighted by Crippen LogP contribution is 2.47. The summed E-state index contributed by atoms with van der Waals surface area (Å²) in [6.07, 6.45) is 0.987. The molecule has 6 aromatic carbocycles. The van der Waals surface area contributed by atoms with Crippen molar-refractivity contribution >= 4 is 39.0 Å². The van der Waals surface area contributed by atoms with E-state index in [0.29, 0.717) is 0 Å². The van der Waals surface area contributed by atoms with Crippen molar-refractivity contribution in [1.29, 1.82) is 0 Å². The summed E-state index contributed by atoms with van der Waals surface area (Å²) in [5, 5.41) is 2.27. The zero-order valence-electron chi connectivity index (χ0n) is 26.0. The lowest BCUT2D eigenvalue weighted by Crippen LogP contribution is -2.15. The lowest BCUT2D eigenvalue weighted by atomic mass is 9.91. The van der Waals surface area contributed by atoms with Gasteiger partial charge >= 0.3 is 0 Å². The Morgan fingerprint density at radius 3 is 2.02 bits per heavy atom. The van der Waals surface area contributed by atoms with Crippen molar-refractivity contribution in [3.63, 3.8) is 0 Å². The minimum Gasteiger partial charge on any atom is -0.456 e. The van der Waals surface area contributed by atoms with E-state index in [2.05, 4.69) is 143 Å². The van der Waals surface area contributed by atoms with Crippen molar-refractivity contribution in [1.82, 2.24) is 0 Å². The fourth-order valence-corrected chi connectivity index (χ4v) is 7.30. The van der Waals surface area contributed by atoms with Crippen molar-refractivity contribution in [2.24, 2.45) is 0 Å². The predicted molar refractivity (Wildman–Crippen MR) is 186 cm³/mol. The molecule has 0 bridgehead atoms. The van der Waals surface area contributed by atoms with E-state index < -0.39 is 0 Å². The molecule has 0 spiro atoms. The van der Waals surface area contributed by atoms with Crippen molar-refractivity contribution in [3.05, 3.63) is 148 Å². The van der Waals surface area contributed by atoms with E-state index in [4.69, 9.17) is 4.42 Å². The second-order valence-electron chi connectivity index (χ2n) is 12.3. The van der Waals surface area contributed by atoms with Crippen molar-refractivity contribution in [3.8, 4) is 22.3 Å². The molecule has 7 aromatic rings. The van der Waals surface area contributed by atoms with Crippen LogP contribution in [0.2, 0.25) is 0 Å². The Balaban J connectivity index is 1.36. The van der Waals surface area contributed by atoms with Gasteiger partial charge in [0.1, 0.15) is 11.2 Å². The normalized spacial score (nSPS) is 12.1. The van der Waals surface area contributed by atoms with Crippen LogP contribution in [0, 0.1) is 34.6 Å². The second kappa shape index (κ2) is 9.99. The van der Waals surface area contributed by atoms with Gasteiger partial charge in [-0.2, -0.15) is 0 Å². The molecular formula is C42H35NO. The topological polar surface area (TPSA) is 16.4 Å². The van der Waals surface area contributed by atoms with Crippen LogP contribution in [0.15, 0.2) is 114 Å². The molecular weight excluding hydrogens is 534 g/mol. The Kier molecular flexibility index (Phi) is 6.03. The lowest BCUT2D eigenvalue weighted by molar-refractivity contribution is 0.669. The molecule has 0 fully saturated rings. The van der Waals surface area contributed by atoms with Gasteiger partial charge in [-0.25, -0.2) is 0 Å². The second-order valence-corrected chi connectivity index (χ2v) is 12.3. The van der Waals surface area contributed by atoms with Crippen LogP contribution < -0.4 is 4.90 Å². The fourth-order valence-electron chi connectivity index (χ4n) is 7.30. The van der Waals surface area contributed by atoms with Gasteiger partial charge in [-0.1, -0.05) is 78.9 Å². The average molecular weight is 570 g/mol. The van der Waals surface area contributed by atoms with Crippen molar-refractivity contribution < 1.29 is 4.42 Å². The summed E-state index contributed by atoms with van der Waals surface area (Å²) >= 11 is 0. The molecule has 1 heterocycles. The largest absolute Gasteiger partial charge is 0.456 e. The molecule has 0 aliphatic heterocycles. The van der Waals surface area contributed by atoms with Gasteiger partial charge in [0.2, 0.25) is 0 Å². The third kappa shape index (κ3) is 3.94. The van der Waals surface area contributed by atoms with E-state index >= 15 is 0 Å². The molecule has 0 unspecified atom stereocenters. The van der Waals surface area contributed by atoms with Gasteiger partial charge in [-0.15, -0.1) is 0 Å². The molecule has 0 radical (unpaired) electrons. The molecule has 1 aromatic heterocycles. The van der Waals surface area contributed by atoms with Crippen LogP contribution >= 0.6 is 0 Å². The molecule has 8 rings (SSSR count). The molecule has 0 N–H and O–H groups in total. The molecule has 44 heavy (non-hydrogen) atoms. The SMILES string of the molecule is Cc1c(C)c(C)c(N(c2cccc(-c3ccc4c(c3)Cc3ccccc3-4)c2)c2cccc3oc4ccccc4c23)c(C)c1C. The van der Waals surface area contributed by atoms with E-state index in [1.54, 1.807) is 0 Å². The number of furan rings is 1. The highest BCUT2D eigenvalue weighted by Gasteiger charge is 2.25. The van der Waals surface area contributed by atoms with E-state index in [9.17, 15) is 0 Å². The molecule has 2 nitrogen and oxygen atoms in total. The number of rotatable bonds is 4. The third-order valence-corrected chi connectivity index (χ3v) is 10.0. The highest BCUT2D eigenvalue weighted by molar-refractivity contribution is 6.13. The van der Waals surface area contributed by atoms with Gasteiger partial charge in [-0.3, -0.25) is 0 Å². The Hall–Kier alpha value is -5.08. The Labute approximate surface area is 259 Å². The summed E-state index contributed by atoms with van der Waals surface area (Å²) in [6.45, 7) is 11.3. The van der Waals surface area contributed by atoms with Crippen LogP contribution in [0.3, 0.4) is 0 Å². The van der Waals surface area contributed by atoms with Crippen LogP contribution in [-0.4, -0.2) is 0 Å². The van der Waals surface area contributed by atoms with Crippen LogP contribution in [0.25, 0.3) is 44.2 Å². The monoisotopic (exact) mass is 569 g/mol. The van der Waals surface area contributed by atoms with Crippen LogP contribution in [0.1, 0.15) is 38.9 Å². The van der Waals surface area contributed by atoms with E-state index in [-0.39, 0.29) is 0 Å². The minimum absolute atomic E-state index is 0.902. The van der Waals surface area contributed by atoms with Crippen LogP contribution in [0.4, 0.5) is 17.1 Å². The maximum absolute atomic E-state index is 6.38. The summed E-state index contributed by atoms with van der Waals surface area (Å²) in [6, 6.07) is 39.6. The number of nitrogens with zero attached hydrogens (tertiary/aromatic N) is 1. The quantitative estimate of drug-likeness (QED) is 0.210. The molecule has 214 valence electrons. The minimum atomic E-state index is 0.902. The van der Waals surface area contributed by atoms with Crippen LogP contribution in [-0.2, 0) is 6.42 Å². The van der Waals surface area contributed by atoms with Gasteiger partial charge in [0.05, 0.1) is 16.8 Å². The standard InChI is InChI=1S/C42H35NO/c1-25-26(2)28(4)42(29(5)27(25)3)43(38-17-11-19-40-41(38)37-16-8-9-18-39(37)44-40)34-14-10-13-30(24-34)31-20-21-36-33(22-31)23-32-12-6-7-15-35(32)36/h6-22,24H,23H2,1-5H3. The number of para-hydroxylation sites is 1. The summed E-state index contributed by atoms with van der Waals surface area (Å²) in [5.74, 6) is 0. The Morgan fingerprint density at radius 2 is 1.18 bits per heavy atom. The zero-order valence-corrected chi connectivity index (χ0v) is 26.0. The van der Waals surface area contributed by atoms with E-state index in [0.717, 1.165) is 39.7 Å². The molecule has 1 aliphatic carbocycles. The summed E-state index contributed by atoms with van der Waals surface area (Å²) in [7, 11) is 0. The van der Waals surface area contributed by atoms with Gasteiger partial charge in [0.15, 0.2) is 0 Å². The van der Waals surface area contributed by atoms with E-state index in [1.807, 2.05) is 6.07 Å². The van der Waals surface area contributed by atoms with Gasteiger partial charge in [0, 0.05) is 11.1 Å². The Bertz CT molecular complexity index is 2240. The molecule has 2 heteroatoms. The molecule has 0 saturated heterocycles. The highest BCUT2D eigenvalue weighted by atomic mass is 16.3. The third-order valence-electron chi connectivity index (χ3n) is 10.0. The number of benzene rings is 6. The zero-order chi connectivity index (χ0) is 30.1. The first-order valence-electron chi connectivity index (χ1n) is 15.5. The van der Waals surface area contributed by atoms with Gasteiger partial charge < -0.3 is 9.32 Å². The average Bonchev–Trinajstić information content (AvgIpc) is 3.63. The lowest BCUT2D eigenvalue weighted by Gasteiger charge is -2.32. The van der Waals surface area contributed by atoms with Gasteiger partial charge in [0.25, 0.3) is 0 Å². The number of hydrogen-bond donors (Lipinski definition) is 0. The number of hydrogen-bond acceptors (Lipinski definition) is 2. The molecule has 1 aliphatic rings. The van der Waals surface area contributed by atoms with E-state index in [1.165, 1.54) is 66.9 Å². The molecule has 0 atom stereocenters. The fraction of sp³-hybridized carbons (Fsp3) is 0.143. The first-order valence-corrected chi connectivity index (χ1v) is 15.5. The number of fused-ring (bicyclic) bond motifs is 6. The molecule has 0 amide bonds. The first-order chi connectivity index (χ1) is 21.4. The summed E-state index contributed by atoms with van der Waals surface area (Å²) in [5.41, 5.74) is 20.0. The van der Waals surface area contributed by atoms with Crippen LogP contribution in [0.5, 0.6) is 0 Å². The predicted octanol–water partition coefficient (Wildman–Crippen LogP) is 11.8. The number of anilines is 3. The summed E-state index contributed by atoms with van der Waals surface area (Å²) in [4.78, 5) is 2.47. The molecule has 0 saturated carbocycles. The maximum atomic E-state index is 6.38. The smallest absolute Gasteiger partial charge is 0.137 e. The Morgan fingerprint density at radius 1 is 0.523 bits per heavy atom. The summed E-state index contributed by atoms with van der Waals surface area (Å²) < 4.78 is 6.38. The maximum Gasteiger partial charge on any atom is 0.137 e. The van der Waals surface area contributed by atoms with Gasteiger partial charge in [-0.05, 0) is 133 Å². The first kappa shape index (κ1) is 26.5. The van der Waals surface area contributed by atoms with Crippen molar-refractivity contribution in [2.75, 3.05) is 4.90 Å².